The molecule has 2 N–H and O–H groups in total. The summed E-state index contributed by atoms with van der Waals surface area (Å²) in [7, 11) is 0. The summed E-state index contributed by atoms with van der Waals surface area (Å²) in [5, 5.41) is 0.874. The highest BCUT2D eigenvalue weighted by atomic mass is 35.5. The Morgan fingerprint density at radius 3 is 2.38 bits per heavy atom. The van der Waals surface area contributed by atoms with Crippen LogP contribution in [0.25, 0.3) is 0 Å². The van der Waals surface area contributed by atoms with Crippen LogP contribution in [0.2, 0.25) is 10.3 Å². The fraction of sp³-hybridized carbons (Fsp3) is 0.444. The van der Waals surface area contributed by atoms with Crippen LogP contribution in [-0.2, 0) is 6.42 Å². The summed E-state index contributed by atoms with van der Waals surface area (Å²) in [5.41, 5.74) is 6.72. The van der Waals surface area contributed by atoms with E-state index in [0.29, 0.717) is 10.3 Å². The van der Waals surface area contributed by atoms with E-state index >= 15 is 0 Å². The Hall–Kier alpha value is -0.310. The monoisotopic (exact) mass is 218 g/mol. The quantitative estimate of drug-likeness (QED) is 0.793. The van der Waals surface area contributed by atoms with Crippen LogP contribution in [0.3, 0.4) is 0 Å². The average Bonchev–Trinajstić information content (AvgIpc) is 1.99. The Kier molecular flexibility index (Phi) is 3.97. The molecule has 0 aromatic carbocycles. The summed E-state index contributed by atoms with van der Waals surface area (Å²) in [4.78, 5) is 3.86. The van der Waals surface area contributed by atoms with Gasteiger partial charge < -0.3 is 5.73 Å². The minimum atomic E-state index is 0.200. The predicted octanol–water partition coefficient (Wildman–Crippen LogP) is 2.67. The minimum absolute atomic E-state index is 0.200. The van der Waals surface area contributed by atoms with Gasteiger partial charge >= 0.3 is 0 Å². The first-order chi connectivity index (χ1) is 6.08. The number of nitrogens with zero attached hydrogens (tertiary/aromatic N) is 1. The number of aromatic nitrogens is 1. The topological polar surface area (TPSA) is 38.9 Å². The number of aryl methyl sites for hydroxylation is 1. The molecule has 0 bridgehead atoms. The van der Waals surface area contributed by atoms with Gasteiger partial charge in [-0.15, -0.1) is 0 Å². The van der Waals surface area contributed by atoms with E-state index in [-0.39, 0.29) is 6.04 Å². The van der Waals surface area contributed by atoms with Crippen LogP contribution >= 0.6 is 23.2 Å². The molecular weight excluding hydrogens is 207 g/mol. The van der Waals surface area contributed by atoms with Crippen molar-refractivity contribution in [1.82, 2.24) is 4.98 Å². The van der Waals surface area contributed by atoms with Gasteiger partial charge in [-0.3, -0.25) is 0 Å². The molecule has 0 aliphatic heterocycles. The first kappa shape index (κ1) is 10.8. The highest BCUT2D eigenvalue weighted by Gasteiger charge is 2.01. The molecule has 0 radical (unpaired) electrons. The first-order valence-corrected chi connectivity index (χ1v) is 4.91. The van der Waals surface area contributed by atoms with Gasteiger partial charge in [-0.05, 0) is 37.5 Å². The van der Waals surface area contributed by atoms with Gasteiger partial charge in [0, 0.05) is 6.04 Å². The molecule has 2 nitrogen and oxygen atoms in total. The van der Waals surface area contributed by atoms with Gasteiger partial charge in [-0.2, -0.15) is 0 Å². The molecule has 1 heterocycles. The van der Waals surface area contributed by atoms with E-state index in [1.165, 1.54) is 0 Å². The Bertz CT molecular complexity index is 267. The number of nitrogens with two attached hydrogens (primary N) is 1. The molecule has 0 fully saturated rings. The van der Waals surface area contributed by atoms with Crippen LogP contribution in [0.1, 0.15) is 18.9 Å². The van der Waals surface area contributed by atoms with Gasteiger partial charge in [0.05, 0.1) is 0 Å². The van der Waals surface area contributed by atoms with Crippen molar-refractivity contribution in [3.05, 3.63) is 28.0 Å². The maximum atomic E-state index is 5.74. The number of hydrogen-bond acceptors (Lipinski definition) is 2. The third-order valence-electron chi connectivity index (χ3n) is 1.71. The molecule has 0 spiro atoms. The average molecular weight is 219 g/mol. The summed E-state index contributed by atoms with van der Waals surface area (Å²) in [6.07, 6.45) is 1.82. The van der Waals surface area contributed by atoms with Gasteiger partial charge in [0.1, 0.15) is 10.3 Å². The Morgan fingerprint density at radius 1 is 1.38 bits per heavy atom. The van der Waals surface area contributed by atoms with Crippen molar-refractivity contribution < 1.29 is 0 Å². The SMILES string of the molecule is CC(N)CCc1cc(Cl)nc(Cl)c1. The molecule has 0 amide bonds. The number of hydrogen-bond donors (Lipinski definition) is 1. The van der Waals surface area contributed by atoms with Gasteiger partial charge in [-0.1, -0.05) is 23.2 Å². The van der Waals surface area contributed by atoms with E-state index in [1.807, 2.05) is 19.1 Å². The lowest BCUT2D eigenvalue weighted by molar-refractivity contribution is 0.666. The van der Waals surface area contributed by atoms with Crippen LogP contribution in [0.4, 0.5) is 0 Å². The van der Waals surface area contributed by atoms with E-state index in [0.717, 1.165) is 18.4 Å². The van der Waals surface area contributed by atoms with Crippen molar-refractivity contribution in [1.29, 1.82) is 0 Å². The van der Waals surface area contributed by atoms with Gasteiger partial charge in [0.25, 0.3) is 0 Å². The maximum absolute atomic E-state index is 5.74. The van der Waals surface area contributed by atoms with E-state index in [9.17, 15) is 0 Å². The normalized spacial score (nSPS) is 12.9. The Balaban J connectivity index is 2.66. The highest BCUT2D eigenvalue weighted by molar-refractivity contribution is 6.32. The van der Waals surface area contributed by atoms with Crippen molar-refractivity contribution in [3.8, 4) is 0 Å². The van der Waals surface area contributed by atoms with E-state index in [1.54, 1.807) is 0 Å². The molecule has 72 valence electrons. The Morgan fingerprint density at radius 2 is 1.92 bits per heavy atom. The molecule has 1 atom stereocenters. The second-order valence-corrected chi connectivity index (χ2v) is 3.91. The molecule has 0 aliphatic rings. The summed E-state index contributed by atoms with van der Waals surface area (Å²) >= 11 is 11.5. The largest absolute Gasteiger partial charge is 0.328 e. The summed E-state index contributed by atoms with van der Waals surface area (Å²) in [6.45, 7) is 1.98. The van der Waals surface area contributed by atoms with Crippen molar-refractivity contribution in [2.75, 3.05) is 0 Å². The number of rotatable bonds is 3. The predicted molar refractivity (Wildman–Crippen MR) is 56.2 cm³/mol. The standard InChI is InChI=1S/C9H12Cl2N2/c1-6(12)2-3-7-4-8(10)13-9(11)5-7/h4-6H,2-3,12H2,1H3. The fourth-order valence-corrected chi connectivity index (χ4v) is 1.56. The van der Waals surface area contributed by atoms with Crippen molar-refractivity contribution in [2.24, 2.45) is 5.73 Å². The van der Waals surface area contributed by atoms with Crippen LogP contribution in [-0.4, -0.2) is 11.0 Å². The number of halogens is 2. The molecule has 1 aromatic rings. The van der Waals surface area contributed by atoms with Crippen LogP contribution in [0.5, 0.6) is 0 Å². The molecule has 0 saturated carbocycles. The molecule has 0 saturated heterocycles. The van der Waals surface area contributed by atoms with Crippen molar-refractivity contribution >= 4 is 23.2 Å². The van der Waals surface area contributed by atoms with Crippen LogP contribution in [0, 0.1) is 0 Å². The molecule has 1 rings (SSSR count). The third kappa shape index (κ3) is 3.94. The lowest BCUT2D eigenvalue weighted by Crippen LogP contribution is -2.15. The third-order valence-corrected chi connectivity index (χ3v) is 2.10. The van der Waals surface area contributed by atoms with E-state index in [2.05, 4.69) is 4.98 Å². The molecule has 1 unspecified atom stereocenters. The van der Waals surface area contributed by atoms with Gasteiger partial charge in [-0.25, -0.2) is 4.98 Å². The van der Waals surface area contributed by atoms with Gasteiger partial charge in [0.15, 0.2) is 0 Å². The van der Waals surface area contributed by atoms with Crippen LogP contribution in [0.15, 0.2) is 12.1 Å². The van der Waals surface area contributed by atoms with E-state index < -0.39 is 0 Å². The molecule has 13 heavy (non-hydrogen) atoms. The molecular formula is C9H12Cl2N2. The summed E-state index contributed by atoms with van der Waals surface area (Å²) in [6, 6.07) is 3.83. The number of pyridine rings is 1. The lowest BCUT2D eigenvalue weighted by Gasteiger charge is -2.05. The zero-order valence-corrected chi connectivity index (χ0v) is 8.94. The maximum Gasteiger partial charge on any atom is 0.131 e. The molecule has 0 aliphatic carbocycles. The summed E-state index contributed by atoms with van der Waals surface area (Å²) < 4.78 is 0. The summed E-state index contributed by atoms with van der Waals surface area (Å²) in [5.74, 6) is 0. The van der Waals surface area contributed by atoms with Crippen LogP contribution < -0.4 is 5.73 Å². The molecule has 1 aromatic heterocycles. The second-order valence-electron chi connectivity index (χ2n) is 3.14. The highest BCUT2D eigenvalue weighted by Crippen LogP contribution is 2.16. The van der Waals surface area contributed by atoms with Crippen molar-refractivity contribution in [3.63, 3.8) is 0 Å². The van der Waals surface area contributed by atoms with Crippen molar-refractivity contribution in [2.45, 2.75) is 25.8 Å². The zero-order chi connectivity index (χ0) is 9.84. The minimum Gasteiger partial charge on any atom is -0.328 e. The van der Waals surface area contributed by atoms with Gasteiger partial charge in [0.2, 0.25) is 0 Å². The smallest absolute Gasteiger partial charge is 0.131 e. The molecule has 4 heteroatoms. The Labute approximate surface area is 88.1 Å². The zero-order valence-electron chi connectivity index (χ0n) is 7.43. The lowest BCUT2D eigenvalue weighted by atomic mass is 10.1. The fourth-order valence-electron chi connectivity index (χ4n) is 1.05. The first-order valence-electron chi connectivity index (χ1n) is 4.15. The van der Waals surface area contributed by atoms with E-state index in [4.69, 9.17) is 28.9 Å². The second kappa shape index (κ2) is 4.80.